The molecule has 0 saturated carbocycles. The van der Waals surface area contributed by atoms with Crippen LogP contribution in [0.1, 0.15) is 77.6 Å². The van der Waals surface area contributed by atoms with E-state index in [1.165, 1.54) is 38.5 Å². The van der Waals surface area contributed by atoms with Crippen LogP contribution in [-0.2, 0) is 57.0 Å². The SMILES string of the molecule is CCCCCCCCCCCCC(C(=O)NC1COCCOCCOCCOCCO1)C(=O)NC1COCCOCCOCCOCCO1. The first-order valence-corrected chi connectivity index (χ1v) is 18.7. The standard InChI is InChI=1S/C35H66N2O12/c1-2-3-4-5-6-7-8-9-10-11-12-31(34(38)36-32-29-46-23-21-42-15-13-40-17-19-44-25-27-48-32)35(39)37-33-30-47-24-22-43-16-14-41-18-20-45-26-28-49-33/h31-33H,2-30H2,1H3,(H,36,38)(H,37,39). The Kier molecular flexibility index (Phi) is 28.9. The number of hydrogen-bond acceptors (Lipinski definition) is 12. The highest BCUT2D eigenvalue weighted by atomic mass is 16.6. The summed E-state index contributed by atoms with van der Waals surface area (Å²) in [6.45, 7) is 8.67. The summed E-state index contributed by atoms with van der Waals surface area (Å²) in [6, 6.07) is 0. The average molecular weight is 707 g/mol. The number of hydrogen-bond donors (Lipinski definition) is 2. The van der Waals surface area contributed by atoms with Gasteiger partial charge in [-0.25, -0.2) is 0 Å². The van der Waals surface area contributed by atoms with Gasteiger partial charge in [0.2, 0.25) is 11.8 Å². The van der Waals surface area contributed by atoms with E-state index in [0.717, 1.165) is 25.7 Å². The fourth-order valence-electron chi connectivity index (χ4n) is 5.20. The molecule has 0 bridgehead atoms. The summed E-state index contributed by atoms with van der Waals surface area (Å²) < 4.78 is 56.3. The van der Waals surface area contributed by atoms with Crippen LogP contribution in [0.3, 0.4) is 0 Å². The molecule has 0 radical (unpaired) electrons. The third-order valence-electron chi connectivity index (χ3n) is 7.95. The van der Waals surface area contributed by atoms with Crippen LogP contribution in [0, 0.1) is 5.92 Å². The first-order chi connectivity index (χ1) is 24.2. The van der Waals surface area contributed by atoms with E-state index in [0.29, 0.717) is 98.9 Å². The van der Waals surface area contributed by atoms with E-state index in [9.17, 15) is 9.59 Å². The van der Waals surface area contributed by atoms with Gasteiger partial charge in [0, 0.05) is 0 Å². The molecule has 2 fully saturated rings. The summed E-state index contributed by atoms with van der Waals surface area (Å²) in [5, 5.41) is 5.80. The van der Waals surface area contributed by atoms with Crippen LogP contribution in [0.5, 0.6) is 0 Å². The summed E-state index contributed by atoms with van der Waals surface area (Å²) in [4.78, 5) is 27.4. The molecule has 288 valence electrons. The second-order valence-corrected chi connectivity index (χ2v) is 12.1. The van der Waals surface area contributed by atoms with Crippen molar-refractivity contribution in [2.24, 2.45) is 5.92 Å². The summed E-state index contributed by atoms with van der Waals surface area (Å²) in [5.74, 6) is -1.82. The van der Waals surface area contributed by atoms with Crippen molar-refractivity contribution in [3.63, 3.8) is 0 Å². The van der Waals surface area contributed by atoms with Crippen LogP contribution < -0.4 is 10.6 Å². The van der Waals surface area contributed by atoms with E-state index in [1.807, 2.05) is 0 Å². The molecule has 0 aromatic carbocycles. The van der Waals surface area contributed by atoms with Crippen molar-refractivity contribution < 1.29 is 57.0 Å². The predicted molar refractivity (Wildman–Crippen MR) is 182 cm³/mol. The van der Waals surface area contributed by atoms with E-state index in [1.54, 1.807) is 0 Å². The molecule has 2 aliphatic rings. The van der Waals surface area contributed by atoms with Gasteiger partial charge in [-0.05, 0) is 6.42 Å². The van der Waals surface area contributed by atoms with Gasteiger partial charge in [-0.15, -0.1) is 0 Å². The predicted octanol–water partition coefficient (Wildman–Crippen LogP) is 2.99. The van der Waals surface area contributed by atoms with Crippen molar-refractivity contribution >= 4 is 11.8 Å². The number of ether oxygens (including phenoxy) is 10. The topological polar surface area (TPSA) is 150 Å². The molecular weight excluding hydrogens is 640 g/mol. The van der Waals surface area contributed by atoms with Gasteiger partial charge in [0.05, 0.1) is 119 Å². The monoisotopic (exact) mass is 706 g/mol. The zero-order chi connectivity index (χ0) is 34.9. The lowest BCUT2D eigenvalue weighted by Crippen LogP contribution is -2.50. The van der Waals surface area contributed by atoms with Gasteiger partial charge in [0.1, 0.15) is 5.92 Å². The van der Waals surface area contributed by atoms with Crippen LogP contribution in [0.4, 0.5) is 0 Å². The normalized spacial score (nSPS) is 23.1. The van der Waals surface area contributed by atoms with E-state index >= 15 is 0 Å². The van der Waals surface area contributed by atoms with Crippen molar-refractivity contribution in [2.75, 3.05) is 119 Å². The van der Waals surface area contributed by atoms with E-state index in [2.05, 4.69) is 17.6 Å². The lowest BCUT2D eigenvalue weighted by atomic mass is 9.98. The molecule has 2 unspecified atom stereocenters. The van der Waals surface area contributed by atoms with E-state index < -0.39 is 30.2 Å². The van der Waals surface area contributed by atoms with Crippen molar-refractivity contribution in [3.8, 4) is 0 Å². The Morgan fingerprint density at radius 2 is 0.755 bits per heavy atom. The van der Waals surface area contributed by atoms with Crippen molar-refractivity contribution in [1.82, 2.24) is 10.6 Å². The highest BCUT2D eigenvalue weighted by Crippen LogP contribution is 2.16. The number of nitrogens with one attached hydrogen (secondary N) is 2. The Hall–Kier alpha value is -1.46. The molecular formula is C35H66N2O12. The molecule has 2 N–H and O–H groups in total. The molecule has 2 amide bonds. The molecule has 2 rings (SSSR count). The van der Waals surface area contributed by atoms with Crippen molar-refractivity contribution in [1.29, 1.82) is 0 Å². The molecule has 0 aromatic heterocycles. The molecule has 0 spiro atoms. The summed E-state index contributed by atoms with van der Waals surface area (Å²) in [7, 11) is 0. The molecule has 2 heterocycles. The average Bonchev–Trinajstić information content (AvgIpc) is 3.11. The Morgan fingerprint density at radius 3 is 1.12 bits per heavy atom. The summed E-state index contributed by atoms with van der Waals surface area (Å²) in [6.07, 6.45) is 10.4. The van der Waals surface area contributed by atoms with Crippen LogP contribution in [0.25, 0.3) is 0 Å². The van der Waals surface area contributed by atoms with Gasteiger partial charge in [-0.2, -0.15) is 0 Å². The molecule has 0 aliphatic carbocycles. The van der Waals surface area contributed by atoms with Gasteiger partial charge in [-0.3, -0.25) is 9.59 Å². The summed E-state index contributed by atoms with van der Waals surface area (Å²) in [5.41, 5.74) is 0. The number of carbonyl (C=O) groups excluding carboxylic acids is 2. The maximum atomic E-state index is 13.7. The minimum absolute atomic E-state index is 0.102. The quantitative estimate of drug-likeness (QED) is 0.190. The molecule has 2 aliphatic heterocycles. The lowest BCUT2D eigenvalue weighted by molar-refractivity contribution is -0.143. The Labute approximate surface area is 294 Å². The molecule has 14 nitrogen and oxygen atoms in total. The zero-order valence-corrected chi connectivity index (χ0v) is 30.1. The van der Waals surface area contributed by atoms with Crippen LogP contribution in [0.15, 0.2) is 0 Å². The molecule has 49 heavy (non-hydrogen) atoms. The van der Waals surface area contributed by atoms with E-state index in [-0.39, 0.29) is 26.4 Å². The third-order valence-corrected chi connectivity index (χ3v) is 7.95. The largest absolute Gasteiger partial charge is 0.377 e. The Bertz CT molecular complexity index is 699. The Balaban J connectivity index is 1.98. The lowest BCUT2D eigenvalue weighted by Gasteiger charge is -2.25. The third kappa shape index (κ3) is 25.2. The van der Waals surface area contributed by atoms with Crippen molar-refractivity contribution in [3.05, 3.63) is 0 Å². The zero-order valence-electron chi connectivity index (χ0n) is 30.1. The first kappa shape index (κ1) is 43.7. The smallest absolute Gasteiger partial charge is 0.234 e. The molecule has 2 atom stereocenters. The van der Waals surface area contributed by atoms with Gasteiger partial charge < -0.3 is 58.0 Å². The fourth-order valence-corrected chi connectivity index (χ4v) is 5.20. The fraction of sp³-hybridized carbons (Fsp3) is 0.943. The first-order valence-electron chi connectivity index (χ1n) is 18.7. The van der Waals surface area contributed by atoms with Crippen LogP contribution >= 0.6 is 0 Å². The van der Waals surface area contributed by atoms with Gasteiger partial charge >= 0.3 is 0 Å². The highest BCUT2D eigenvalue weighted by molar-refractivity contribution is 6.00. The number of carbonyl (C=O) groups is 2. The highest BCUT2D eigenvalue weighted by Gasteiger charge is 2.30. The number of rotatable bonds is 15. The molecule has 0 aromatic rings. The maximum absolute atomic E-state index is 13.7. The Morgan fingerprint density at radius 1 is 0.449 bits per heavy atom. The molecule has 14 heteroatoms. The second-order valence-electron chi connectivity index (χ2n) is 12.1. The number of unbranched alkanes of at least 4 members (excludes halogenated alkanes) is 9. The minimum Gasteiger partial charge on any atom is -0.377 e. The second kappa shape index (κ2) is 32.4. The van der Waals surface area contributed by atoms with Crippen LogP contribution in [-0.4, -0.2) is 143 Å². The van der Waals surface area contributed by atoms with Gasteiger partial charge in [0.15, 0.2) is 12.5 Å². The molecule has 2 saturated heterocycles. The van der Waals surface area contributed by atoms with Crippen LogP contribution in [0.2, 0.25) is 0 Å². The van der Waals surface area contributed by atoms with Crippen molar-refractivity contribution in [2.45, 2.75) is 90.0 Å². The van der Waals surface area contributed by atoms with E-state index in [4.69, 9.17) is 47.4 Å². The number of amides is 2. The minimum atomic E-state index is -0.956. The maximum Gasteiger partial charge on any atom is 0.234 e. The van der Waals surface area contributed by atoms with Gasteiger partial charge in [-0.1, -0.05) is 71.1 Å². The van der Waals surface area contributed by atoms with Gasteiger partial charge in [0.25, 0.3) is 0 Å². The summed E-state index contributed by atoms with van der Waals surface area (Å²) >= 11 is 0.